The summed E-state index contributed by atoms with van der Waals surface area (Å²) in [7, 11) is 1.78. The van der Waals surface area contributed by atoms with E-state index in [1.807, 2.05) is 12.1 Å². The van der Waals surface area contributed by atoms with E-state index < -0.39 is 5.60 Å². The Morgan fingerprint density at radius 3 is 2.18 bits per heavy atom. The number of benzene rings is 6. The fourth-order valence-corrected chi connectivity index (χ4v) is 12.7. The van der Waals surface area contributed by atoms with Gasteiger partial charge in [-0.05, 0) is 126 Å². The van der Waals surface area contributed by atoms with Crippen molar-refractivity contribution < 1.29 is 24.1 Å². The van der Waals surface area contributed by atoms with Gasteiger partial charge in [-0.1, -0.05) is 104 Å². The van der Waals surface area contributed by atoms with Crippen LogP contribution in [0.25, 0.3) is 28.0 Å². The van der Waals surface area contributed by atoms with Crippen molar-refractivity contribution in [1.82, 2.24) is 0 Å². The monoisotopic (exact) mass is 841 g/mol. The first kappa shape index (κ1) is 39.6. The molecule has 1 unspecified atom stereocenters. The van der Waals surface area contributed by atoms with Crippen molar-refractivity contribution in [3.63, 3.8) is 0 Å². The molecule has 0 bridgehead atoms. The molecule has 1 N–H and O–H groups in total. The van der Waals surface area contributed by atoms with Gasteiger partial charge in [0, 0.05) is 51.2 Å². The van der Waals surface area contributed by atoms with Gasteiger partial charge in [-0.15, -0.1) is 0 Å². The van der Waals surface area contributed by atoms with Crippen LogP contribution in [-0.4, -0.2) is 51.7 Å². The average molecular weight is 842 g/mol. The van der Waals surface area contributed by atoms with Crippen LogP contribution in [0.3, 0.4) is 0 Å². The second-order valence-corrected chi connectivity index (χ2v) is 19.2. The summed E-state index contributed by atoms with van der Waals surface area (Å²) in [5, 5.41) is 11.8. The molecule has 7 heteroatoms. The highest BCUT2D eigenvalue weighted by Crippen LogP contribution is 2.65. The van der Waals surface area contributed by atoms with E-state index in [2.05, 4.69) is 120 Å². The molecule has 2 heterocycles. The summed E-state index contributed by atoms with van der Waals surface area (Å²) < 4.78 is 25.7. The summed E-state index contributed by atoms with van der Waals surface area (Å²) in [5.41, 5.74) is 9.46. The van der Waals surface area contributed by atoms with Gasteiger partial charge in [0.15, 0.2) is 5.60 Å². The lowest BCUT2D eigenvalue weighted by Gasteiger charge is -2.48. The highest BCUT2D eigenvalue weighted by Gasteiger charge is 2.52. The first-order chi connectivity index (χ1) is 30.5. The molecule has 6 nitrogen and oxygen atoms in total. The molecule has 2 spiro atoms. The molecule has 0 aromatic heterocycles. The van der Waals surface area contributed by atoms with E-state index in [1.165, 1.54) is 88.7 Å². The third-order valence-electron chi connectivity index (χ3n) is 14.9. The Kier molecular flexibility index (Phi) is 10.3. The van der Waals surface area contributed by atoms with Crippen LogP contribution < -0.4 is 19.1 Å². The van der Waals surface area contributed by atoms with Crippen molar-refractivity contribution in [2.45, 2.75) is 78.6 Å². The van der Waals surface area contributed by atoms with Crippen molar-refractivity contribution in [2.24, 2.45) is 5.41 Å². The van der Waals surface area contributed by atoms with E-state index in [-0.39, 0.29) is 18.6 Å². The molecule has 1 atom stereocenters. The Bertz CT molecular complexity index is 2620. The molecule has 11 rings (SSSR count). The first-order valence-corrected chi connectivity index (χ1v) is 23.6. The number of aliphatic hydroxyl groups is 1. The lowest BCUT2D eigenvalue weighted by Crippen LogP contribution is -2.39. The molecule has 2 aliphatic heterocycles. The standard InChI is InChI=1S/C55H55NO5S/c1-58-48-36-46-45(37-49(48)62-42-10-4-2-5-11-42)50-43-12-6-7-13-47(43)54(28-26-53(27-29-54)23-8-3-9-24-53)51(50)44-22-25-55(61-52(44)46,39-16-20-41(21-17-39)60-35-32-57)38-14-18-40(19-15-38)56-30-33-59-34-31-56/h2,4-7,10-22,25,36-37,57H,3,8-9,23-24,26-35H2,1H3. The number of aliphatic hydroxyl groups excluding tert-OH is 1. The molecule has 2 saturated carbocycles. The molecule has 3 fully saturated rings. The number of ether oxygens (including phenoxy) is 4. The predicted molar refractivity (Wildman–Crippen MR) is 250 cm³/mol. The second kappa shape index (κ2) is 16.2. The summed E-state index contributed by atoms with van der Waals surface area (Å²) in [6.07, 6.45) is 16.4. The van der Waals surface area contributed by atoms with Crippen molar-refractivity contribution in [3.05, 3.63) is 149 Å². The Balaban J connectivity index is 1.14. The molecule has 6 aromatic carbocycles. The van der Waals surface area contributed by atoms with Gasteiger partial charge in [0.1, 0.15) is 23.9 Å². The van der Waals surface area contributed by atoms with Crippen LogP contribution in [0, 0.1) is 5.41 Å². The number of rotatable bonds is 9. The zero-order valence-corrected chi connectivity index (χ0v) is 36.5. The third-order valence-corrected chi connectivity index (χ3v) is 15.9. The van der Waals surface area contributed by atoms with Crippen molar-refractivity contribution in [1.29, 1.82) is 0 Å². The smallest absolute Gasteiger partial charge is 0.178 e. The van der Waals surface area contributed by atoms with Gasteiger partial charge in [-0.2, -0.15) is 0 Å². The van der Waals surface area contributed by atoms with E-state index in [0.29, 0.717) is 11.2 Å². The Morgan fingerprint density at radius 2 is 1.45 bits per heavy atom. The number of hydrogen-bond donors (Lipinski definition) is 1. The minimum absolute atomic E-state index is 0.0391. The maximum atomic E-state index is 9.51. The Hall–Kier alpha value is -5.21. The van der Waals surface area contributed by atoms with Crippen LogP contribution in [0.4, 0.5) is 5.69 Å². The van der Waals surface area contributed by atoms with E-state index in [9.17, 15) is 5.11 Å². The lowest BCUT2D eigenvalue weighted by molar-refractivity contribution is 0.0948. The number of hydrogen-bond acceptors (Lipinski definition) is 7. The van der Waals surface area contributed by atoms with Crippen LogP contribution in [0.2, 0.25) is 0 Å². The Morgan fingerprint density at radius 1 is 0.742 bits per heavy atom. The highest BCUT2D eigenvalue weighted by atomic mass is 32.2. The number of nitrogens with zero attached hydrogens (tertiary/aromatic N) is 1. The summed E-state index contributed by atoms with van der Waals surface area (Å²) in [4.78, 5) is 4.66. The number of methoxy groups -OCH3 is 1. The maximum absolute atomic E-state index is 9.51. The van der Waals surface area contributed by atoms with Gasteiger partial charge in [-0.25, -0.2) is 0 Å². The molecule has 316 valence electrons. The highest BCUT2D eigenvalue weighted by molar-refractivity contribution is 7.99. The molecular formula is C55H55NO5S. The number of fused-ring (bicyclic) bond motifs is 10. The molecule has 6 aromatic rings. The summed E-state index contributed by atoms with van der Waals surface area (Å²) in [6, 6.07) is 41.7. The molecule has 1 saturated heterocycles. The van der Waals surface area contributed by atoms with Crippen LogP contribution >= 0.6 is 11.8 Å². The zero-order valence-electron chi connectivity index (χ0n) is 35.7. The first-order valence-electron chi connectivity index (χ1n) is 22.7. The van der Waals surface area contributed by atoms with Crippen molar-refractivity contribution in [3.8, 4) is 28.4 Å². The molecule has 62 heavy (non-hydrogen) atoms. The zero-order chi connectivity index (χ0) is 41.7. The van der Waals surface area contributed by atoms with E-state index in [0.717, 1.165) is 72.1 Å². The van der Waals surface area contributed by atoms with Crippen LogP contribution in [-0.2, 0) is 15.8 Å². The molecule has 3 aliphatic carbocycles. The predicted octanol–water partition coefficient (Wildman–Crippen LogP) is 12.3. The maximum Gasteiger partial charge on any atom is 0.178 e. The SMILES string of the molecule is COc1cc2c3c(c4c(c2cc1Sc1ccccc1)-c1ccccc1C41CCC2(CCCCC2)CC1)C=CC(c1ccc(OCCO)cc1)(c1ccc(N2CCOCC2)cc1)O3. The van der Waals surface area contributed by atoms with Gasteiger partial charge in [-0.3, -0.25) is 0 Å². The fraction of sp³-hybridized carbons (Fsp3) is 0.345. The largest absolute Gasteiger partial charge is 0.496 e. The van der Waals surface area contributed by atoms with Gasteiger partial charge in [0.2, 0.25) is 0 Å². The minimum Gasteiger partial charge on any atom is -0.496 e. The average Bonchev–Trinajstić information content (AvgIpc) is 3.62. The molecular weight excluding hydrogens is 787 g/mol. The van der Waals surface area contributed by atoms with Crippen LogP contribution in [0.1, 0.15) is 85.6 Å². The van der Waals surface area contributed by atoms with Crippen LogP contribution in [0.5, 0.6) is 17.2 Å². The van der Waals surface area contributed by atoms with Crippen molar-refractivity contribution >= 4 is 34.3 Å². The van der Waals surface area contributed by atoms with E-state index in [1.54, 1.807) is 18.9 Å². The Labute approximate surface area is 369 Å². The molecule has 0 amide bonds. The quantitative estimate of drug-likeness (QED) is 0.156. The van der Waals surface area contributed by atoms with E-state index >= 15 is 0 Å². The third kappa shape index (κ3) is 6.62. The van der Waals surface area contributed by atoms with Gasteiger partial charge in [0.25, 0.3) is 0 Å². The molecule has 5 aliphatic rings. The fourth-order valence-electron chi connectivity index (χ4n) is 11.7. The minimum atomic E-state index is -0.949. The van der Waals surface area contributed by atoms with Gasteiger partial charge < -0.3 is 29.0 Å². The number of anilines is 1. The summed E-state index contributed by atoms with van der Waals surface area (Å²) in [6.45, 7) is 3.42. The normalized spacial score (nSPS) is 20.7. The number of morpholine rings is 1. The summed E-state index contributed by atoms with van der Waals surface area (Å²) >= 11 is 1.75. The van der Waals surface area contributed by atoms with Gasteiger partial charge in [0.05, 0.1) is 31.8 Å². The lowest BCUT2D eigenvalue weighted by atomic mass is 9.56. The summed E-state index contributed by atoms with van der Waals surface area (Å²) in [5.74, 6) is 2.44. The topological polar surface area (TPSA) is 60.4 Å². The van der Waals surface area contributed by atoms with E-state index in [4.69, 9.17) is 18.9 Å². The second-order valence-electron chi connectivity index (χ2n) is 18.1. The van der Waals surface area contributed by atoms with Crippen LogP contribution in [0.15, 0.2) is 131 Å². The van der Waals surface area contributed by atoms with Gasteiger partial charge >= 0.3 is 0 Å². The van der Waals surface area contributed by atoms with Crippen molar-refractivity contribution in [2.75, 3.05) is 51.5 Å². The molecule has 0 radical (unpaired) electrons.